The van der Waals surface area contributed by atoms with Gasteiger partial charge in [0.25, 0.3) is 0 Å². The maximum absolute atomic E-state index is 12.7. The van der Waals surface area contributed by atoms with E-state index in [1.54, 1.807) is 53.7 Å². The maximum Gasteiger partial charge on any atom is 0.428 e. The Hall–Kier alpha value is -1.61. The lowest BCUT2D eigenvalue weighted by molar-refractivity contribution is 0.0420. The molecule has 2 aromatic rings. The smallest absolute Gasteiger partial charge is 0.428 e. The van der Waals surface area contributed by atoms with Crippen molar-refractivity contribution in [2.75, 3.05) is 4.90 Å². The van der Waals surface area contributed by atoms with E-state index >= 15 is 0 Å². The number of fused-ring (bicyclic) bond motifs is 1. The summed E-state index contributed by atoms with van der Waals surface area (Å²) < 4.78 is 16.1. The number of halogens is 2. The van der Waals surface area contributed by atoms with Crippen molar-refractivity contribution in [1.82, 2.24) is 4.98 Å². The fourth-order valence-corrected chi connectivity index (χ4v) is 2.81. The minimum atomic E-state index is -0.931. The molecule has 7 nitrogen and oxygen atoms in total. The Labute approximate surface area is 174 Å². The van der Waals surface area contributed by atoms with E-state index in [0.29, 0.717) is 16.0 Å². The van der Waals surface area contributed by atoms with E-state index in [-0.39, 0.29) is 9.75 Å². The van der Waals surface area contributed by atoms with Gasteiger partial charge < -0.3 is 13.9 Å². The predicted octanol–water partition coefficient (Wildman–Crippen LogP) is 6.29. The molecule has 27 heavy (non-hydrogen) atoms. The van der Waals surface area contributed by atoms with Gasteiger partial charge in [0.05, 0.1) is 3.74 Å². The first-order valence-corrected chi connectivity index (χ1v) is 10.1. The Kier molecular flexibility index (Phi) is 6.26. The molecule has 0 aliphatic rings. The third-order valence-electron chi connectivity index (χ3n) is 3.02. The second-order valence-electron chi connectivity index (χ2n) is 7.79. The van der Waals surface area contributed by atoms with Gasteiger partial charge in [0.2, 0.25) is 0 Å². The summed E-state index contributed by atoms with van der Waals surface area (Å²) >= 11 is 6.85. The fraction of sp³-hybridized carbons (Fsp3) is 0.500. The zero-order valence-corrected chi connectivity index (χ0v) is 19.2. The first-order chi connectivity index (χ1) is 12.3. The van der Waals surface area contributed by atoms with E-state index in [4.69, 9.17) is 13.9 Å². The van der Waals surface area contributed by atoms with Gasteiger partial charge in [0.1, 0.15) is 16.7 Å². The topological polar surface area (TPSA) is 81.9 Å². The molecule has 0 bridgehead atoms. The molecule has 148 valence electrons. The number of para-hydroxylation sites is 1. The van der Waals surface area contributed by atoms with Crippen LogP contribution in [0.2, 0.25) is 0 Å². The van der Waals surface area contributed by atoms with Crippen LogP contribution in [0.15, 0.2) is 22.6 Å². The van der Waals surface area contributed by atoms with E-state index in [1.165, 1.54) is 0 Å². The highest BCUT2D eigenvalue weighted by atomic mass is 79.9. The number of carbonyl (C=O) groups excluding carboxylic acids is 2. The highest BCUT2D eigenvalue weighted by Gasteiger charge is 2.36. The number of rotatable bonds is 2. The molecule has 0 saturated heterocycles. The van der Waals surface area contributed by atoms with Crippen molar-refractivity contribution in [2.45, 2.75) is 56.5 Å². The van der Waals surface area contributed by atoms with Crippen molar-refractivity contribution in [3.8, 4) is 0 Å². The number of amides is 2. The van der Waals surface area contributed by atoms with Gasteiger partial charge in [-0.2, -0.15) is 4.98 Å². The minimum Gasteiger partial charge on any atom is -0.443 e. The van der Waals surface area contributed by atoms with Gasteiger partial charge in [0.15, 0.2) is 5.58 Å². The summed E-state index contributed by atoms with van der Waals surface area (Å²) in [4.78, 5) is 30.3. The SMILES string of the molecule is CC(C)(C)OC(=O)N(C(=O)OC(C)(C)C)c1nc2c(C(Br)Br)cccc2o1. The van der Waals surface area contributed by atoms with Crippen molar-refractivity contribution in [3.63, 3.8) is 0 Å². The number of anilines is 1. The molecular weight excluding hydrogens is 484 g/mol. The standard InChI is InChI=1S/C18H22Br2N2O5/c1-17(2,3)26-15(23)22(16(24)27-18(4,5)6)14-21-12-10(13(19)20)8-7-9-11(12)25-14/h7-9,13H,1-6H3. The Morgan fingerprint density at radius 2 is 1.56 bits per heavy atom. The number of oxazole rings is 1. The van der Waals surface area contributed by atoms with Crippen molar-refractivity contribution < 1.29 is 23.5 Å². The van der Waals surface area contributed by atoms with Crippen LogP contribution in [0.5, 0.6) is 0 Å². The minimum absolute atomic E-state index is 0.178. The Morgan fingerprint density at radius 1 is 1.04 bits per heavy atom. The van der Waals surface area contributed by atoms with Crippen LogP contribution in [0.4, 0.5) is 15.6 Å². The Morgan fingerprint density at radius 3 is 2.00 bits per heavy atom. The van der Waals surface area contributed by atoms with Gasteiger partial charge in [-0.3, -0.25) is 0 Å². The van der Waals surface area contributed by atoms with Crippen LogP contribution in [0, 0.1) is 0 Å². The average Bonchev–Trinajstić information content (AvgIpc) is 2.85. The quantitative estimate of drug-likeness (QED) is 0.446. The summed E-state index contributed by atoms with van der Waals surface area (Å²) in [6, 6.07) is 5.10. The third kappa shape index (κ3) is 5.68. The van der Waals surface area contributed by atoms with Crippen LogP contribution in [0.1, 0.15) is 50.8 Å². The summed E-state index contributed by atoms with van der Waals surface area (Å²) in [6.45, 7) is 10.2. The molecule has 0 spiro atoms. The molecule has 1 aromatic carbocycles. The van der Waals surface area contributed by atoms with Crippen molar-refractivity contribution >= 4 is 61.2 Å². The number of imide groups is 1. The average molecular weight is 506 g/mol. The van der Waals surface area contributed by atoms with Gasteiger partial charge in [-0.15, -0.1) is 4.90 Å². The molecule has 0 aliphatic heterocycles. The van der Waals surface area contributed by atoms with Gasteiger partial charge in [-0.1, -0.05) is 44.0 Å². The summed E-state index contributed by atoms with van der Waals surface area (Å²) in [6.07, 6.45) is -1.86. The second kappa shape index (κ2) is 7.79. The number of hydrogen-bond donors (Lipinski definition) is 0. The number of nitrogens with zero attached hydrogens (tertiary/aromatic N) is 2. The Balaban J connectivity index is 2.52. The lowest BCUT2D eigenvalue weighted by atomic mass is 10.2. The maximum atomic E-state index is 12.7. The fourth-order valence-electron chi connectivity index (χ4n) is 2.08. The number of benzene rings is 1. The van der Waals surface area contributed by atoms with Gasteiger partial charge >= 0.3 is 18.2 Å². The van der Waals surface area contributed by atoms with Crippen molar-refractivity contribution in [2.24, 2.45) is 0 Å². The largest absolute Gasteiger partial charge is 0.443 e. The molecule has 9 heteroatoms. The Bertz CT molecular complexity index is 822. The molecule has 2 amide bonds. The highest BCUT2D eigenvalue weighted by Crippen LogP contribution is 2.36. The summed E-state index contributed by atoms with van der Waals surface area (Å²) in [5.74, 6) is 0. The monoisotopic (exact) mass is 504 g/mol. The number of alkyl halides is 2. The first-order valence-electron chi connectivity index (χ1n) is 8.22. The lowest BCUT2D eigenvalue weighted by Crippen LogP contribution is -2.44. The number of aromatic nitrogens is 1. The van der Waals surface area contributed by atoms with Crippen LogP contribution in [-0.2, 0) is 9.47 Å². The van der Waals surface area contributed by atoms with E-state index in [9.17, 15) is 9.59 Å². The molecule has 0 saturated carbocycles. The summed E-state index contributed by atoms with van der Waals surface area (Å²) in [5, 5.41) is 0. The molecule has 0 atom stereocenters. The van der Waals surface area contributed by atoms with Gasteiger partial charge in [0, 0.05) is 5.56 Å². The number of carbonyl (C=O) groups is 2. The van der Waals surface area contributed by atoms with Crippen LogP contribution in [0.3, 0.4) is 0 Å². The highest BCUT2D eigenvalue weighted by molar-refractivity contribution is 9.24. The van der Waals surface area contributed by atoms with E-state index in [1.807, 2.05) is 6.07 Å². The summed E-state index contributed by atoms with van der Waals surface area (Å²) in [7, 11) is 0. The van der Waals surface area contributed by atoms with Crippen LogP contribution in [0.25, 0.3) is 11.1 Å². The molecule has 0 N–H and O–H groups in total. The van der Waals surface area contributed by atoms with Gasteiger partial charge in [-0.05, 0) is 47.6 Å². The van der Waals surface area contributed by atoms with Crippen LogP contribution in [-0.4, -0.2) is 28.4 Å². The van der Waals surface area contributed by atoms with E-state index < -0.39 is 23.4 Å². The number of ether oxygens (including phenoxy) is 2. The van der Waals surface area contributed by atoms with Crippen LogP contribution >= 0.6 is 31.9 Å². The van der Waals surface area contributed by atoms with Gasteiger partial charge in [-0.25, -0.2) is 9.59 Å². The van der Waals surface area contributed by atoms with Crippen LogP contribution < -0.4 is 4.90 Å². The molecule has 1 heterocycles. The molecule has 2 rings (SSSR count). The van der Waals surface area contributed by atoms with E-state index in [0.717, 1.165) is 5.56 Å². The molecule has 0 radical (unpaired) electrons. The molecule has 0 unspecified atom stereocenters. The molecule has 0 aliphatic carbocycles. The first kappa shape index (κ1) is 21.7. The normalized spacial score (nSPS) is 12.3. The zero-order chi connectivity index (χ0) is 20.6. The molecule has 0 fully saturated rings. The predicted molar refractivity (Wildman–Crippen MR) is 110 cm³/mol. The van der Waals surface area contributed by atoms with Crippen molar-refractivity contribution in [3.05, 3.63) is 23.8 Å². The lowest BCUT2D eigenvalue weighted by Gasteiger charge is -2.26. The summed E-state index contributed by atoms with van der Waals surface area (Å²) in [5.41, 5.74) is 0.0825. The zero-order valence-electron chi connectivity index (χ0n) is 16.0. The third-order valence-corrected chi connectivity index (χ3v) is 4.00. The second-order valence-corrected chi connectivity index (χ2v) is 10.8. The van der Waals surface area contributed by atoms with E-state index in [2.05, 4.69) is 36.8 Å². The molecular formula is C18H22Br2N2O5. The van der Waals surface area contributed by atoms with Crippen molar-refractivity contribution in [1.29, 1.82) is 0 Å². The number of hydrogen-bond acceptors (Lipinski definition) is 6. The molecule has 1 aromatic heterocycles.